The van der Waals surface area contributed by atoms with E-state index in [1.54, 1.807) is 0 Å². The number of aromatic nitrogens is 1. The molecule has 0 aliphatic carbocycles. The zero-order valence-corrected chi connectivity index (χ0v) is 20.0. The van der Waals surface area contributed by atoms with Gasteiger partial charge in [-0.25, -0.2) is 13.8 Å². The van der Waals surface area contributed by atoms with E-state index in [0.717, 1.165) is 35.4 Å². The molecule has 39 heavy (non-hydrogen) atoms. The number of carbonyl (C=O) groups is 2. The second kappa shape index (κ2) is 12.0. The summed E-state index contributed by atoms with van der Waals surface area (Å²) in [7, 11) is 1.24. The van der Waals surface area contributed by atoms with E-state index in [9.17, 15) is 40.3 Å². The Labute approximate surface area is 216 Å². The summed E-state index contributed by atoms with van der Waals surface area (Å²) >= 11 is 0. The summed E-state index contributed by atoms with van der Waals surface area (Å²) in [5, 5.41) is 0. The largest absolute Gasteiger partial charge is 0.497 e. The minimum atomic E-state index is -4.71. The third-order valence-electron chi connectivity index (χ3n) is 5.53. The lowest BCUT2D eigenvalue weighted by Gasteiger charge is -2.20. The first-order chi connectivity index (χ1) is 18.3. The van der Waals surface area contributed by atoms with Gasteiger partial charge in [-0.15, -0.1) is 0 Å². The van der Waals surface area contributed by atoms with Crippen LogP contribution in [0, 0.1) is 11.6 Å². The molecule has 2 amide bonds. The summed E-state index contributed by atoms with van der Waals surface area (Å²) in [5.41, 5.74) is 3.75. The molecule has 2 N–H and O–H groups in total. The normalized spacial score (nSPS) is 15.2. The van der Waals surface area contributed by atoms with Gasteiger partial charge < -0.3 is 15.2 Å². The molecule has 0 spiro atoms. The van der Waals surface area contributed by atoms with E-state index < -0.39 is 53.5 Å². The van der Waals surface area contributed by atoms with E-state index in [0.29, 0.717) is 0 Å². The number of nitrogens with two attached hydrogens (primary N) is 1. The number of carbonyl (C=O) groups excluding carboxylic acids is 2. The Morgan fingerprint density at radius 3 is 2.21 bits per heavy atom. The Bertz CT molecular complexity index is 1310. The highest BCUT2D eigenvalue weighted by atomic mass is 19.4. The number of anilines is 1. The van der Waals surface area contributed by atoms with Crippen LogP contribution in [0.3, 0.4) is 0 Å². The number of nitrogens with zero attached hydrogens (tertiary/aromatic N) is 2. The number of ether oxygens (including phenoxy) is 2. The maximum Gasteiger partial charge on any atom is 0.419 e. The molecule has 1 aliphatic rings. The Balaban J connectivity index is 0.000000272. The second-order valence-corrected chi connectivity index (χ2v) is 8.05. The third-order valence-corrected chi connectivity index (χ3v) is 5.53. The molecule has 2 heterocycles. The number of pyridine rings is 1. The summed E-state index contributed by atoms with van der Waals surface area (Å²) in [6.45, 7) is -3.17. The number of benzene rings is 2. The molecule has 0 radical (unpaired) electrons. The maximum absolute atomic E-state index is 14.2. The van der Waals surface area contributed by atoms with Crippen LogP contribution in [-0.4, -0.2) is 37.1 Å². The summed E-state index contributed by atoms with van der Waals surface area (Å²) < 4.78 is 100. The van der Waals surface area contributed by atoms with Crippen molar-refractivity contribution in [3.63, 3.8) is 0 Å². The Morgan fingerprint density at radius 2 is 1.69 bits per heavy atom. The zero-order valence-electron chi connectivity index (χ0n) is 20.0. The van der Waals surface area contributed by atoms with Crippen LogP contribution < -0.4 is 20.1 Å². The Kier molecular flexibility index (Phi) is 8.99. The van der Waals surface area contributed by atoms with Gasteiger partial charge >= 0.3 is 12.8 Å². The van der Waals surface area contributed by atoms with Crippen LogP contribution in [0.25, 0.3) is 0 Å². The molecule has 1 unspecified atom stereocenters. The Morgan fingerprint density at radius 1 is 1.08 bits per heavy atom. The molecular formula is C25H20F7N3O4. The molecule has 14 heteroatoms. The van der Waals surface area contributed by atoms with Gasteiger partial charge in [0.25, 0.3) is 0 Å². The van der Waals surface area contributed by atoms with Crippen molar-refractivity contribution in [1.29, 1.82) is 0 Å². The van der Waals surface area contributed by atoms with Crippen LogP contribution in [0.4, 0.5) is 36.6 Å². The number of hydrogen-bond acceptors (Lipinski definition) is 5. The average Bonchev–Trinajstić information content (AvgIpc) is 3.24. The molecule has 0 saturated carbocycles. The predicted octanol–water partition coefficient (Wildman–Crippen LogP) is 5.29. The second-order valence-electron chi connectivity index (χ2n) is 8.05. The van der Waals surface area contributed by atoms with Crippen molar-refractivity contribution in [2.45, 2.75) is 25.1 Å². The predicted molar refractivity (Wildman–Crippen MR) is 123 cm³/mol. The highest BCUT2D eigenvalue weighted by Crippen LogP contribution is 2.40. The highest BCUT2D eigenvalue weighted by molar-refractivity contribution is 5.96. The van der Waals surface area contributed by atoms with Crippen LogP contribution in [-0.2, 0) is 11.0 Å². The SMILES string of the molecule is COc1cc(F)c(C2CC(=O)N(c3ncccc3C(F)(F)F)C2)c(F)c1.NC(=O)c1ccc(OC(F)F)cc1. The van der Waals surface area contributed by atoms with Crippen molar-refractivity contribution in [2.75, 3.05) is 18.6 Å². The van der Waals surface area contributed by atoms with Crippen LogP contribution in [0.2, 0.25) is 0 Å². The van der Waals surface area contributed by atoms with Gasteiger partial charge in [0.1, 0.15) is 29.0 Å². The first-order valence-corrected chi connectivity index (χ1v) is 11.0. The van der Waals surface area contributed by atoms with Gasteiger partial charge in [-0.05, 0) is 36.4 Å². The molecule has 7 nitrogen and oxygen atoms in total. The van der Waals surface area contributed by atoms with Gasteiger partial charge in [-0.2, -0.15) is 22.0 Å². The lowest BCUT2D eigenvalue weighted by molar-refractivity contribution is -0.137. The highest BCUT2D eigenvalue weighted by Gasteiger charge is 2.41. The fraction of sp³-hybridized carbons (Fsp3) is 0.240. The topological polar surface area (TPSA) is 94.8 Å². The minimum Gasteiger partial charge on any atom is -0.497 e. The molecule has 1 fully saturated rings. The monoisotopic (exact) mass is 559 g/mol. The van der Waals surface area contributed by atoms with Gasteiger partial charge in [-0.1, -0.05) is 0 Å². The number of rotatable bonds is 6. The van der Waals surface area contributed by atoms with Crippen LogP contribution in [0.1, 0.15) is 33.8 Å². The average molecular weight is 559 g/mol. The number of hydrogen-bond donors (Lipinski definition) is 1. The fourth-order valence-electron chi connectivity index (χ4n) is 3.81. The van der Waals surface area contributed by atoms with E-state index in [1.807, 2.05) is 0 Å². The molecule has 1 aromatic heterocycles. The van der Waals surface area contributed by atoms with Gasteiger partial charge in [0.15, 0.2) is 0 Å². The minimum absolute atomic E-state index is 0.000000000000000444. The van der Waals surface area contributed by atoms with E-state index in [4.69, 9.17) is 10.5 Å². The molecule has 208 valence electrons. The van der Waals surface area contributed by atoms with Crippen molar-refractivity contribution >= 4 is 17.6 Å². The zero-order chi connectivity index (χ0) is 28.9. The quantitative estimate of drug-likeness (QED) is 0.414. The molecule has 1 aliphatic heterocycles. The van der Waals surface area contributed by atoms with Crippen LogP contribution in [0.15, 0.2) is 54.7 Å². The van der Waals surface area contributed by atoms with Crippen LogP contribution in [0.5, 0.6) is 11.5 Å². The first-order valence-electron chi connectivity index (χ1n) is 11.0. The molecule has 1 saturated heterocycles. The van der Waals surface area contributed by atoms with Gasteiger partial charge in [-0.3, -0.25) is 14.5 Å². The maximum atomic E-state index is 14.2. The number of amides is 2. The lowest BCUT2D eigenvalue weighted by atomic mass is 9.97. The van der Waals surface area contributed by atoms with Gasteiger partial charge in [0, 0.05) is 48.3 Å². The lowest BCUT2D eigenvalue weighted by Crippen LogP contribution is -2.28. The number of primary amides is 1. The summed E-state index contributed by atoms with van der Waals surface area (Å²) in [5.74, 6) is -4.66. The van der Waals surface area contributed by atoms with E-state index in [2.05, 4.69) is 9.72 Å². The van der Waals surface area contributed by atoms with Gasteiger partial charge in [0.2, 0.25) is 11.8 Å². The van der Waals surface area contributed by atoms with Crippen molar-refractivity contribution in [3.8, 4) is 11.5 Å². The van der Waals surface area contributed by atoms with Crippen molar-refractivity contribution in [3.05, 3.63) is 83.1 Å². The molecular weight excluding hydrogens is 539 g/mol. The molecule has 1 atom stereocenters. The number of alkyl halides is 5. The standard InChI is InChI=1S/C17H13F5N2O2.C8H7F2NO2/c1-26-10-6-12(18)15(13(19)7-10)9-5-14(25)24(8-9)16-11(17(20,21)22)3-2-4-23-16;9-8(10)13-6-3-1-5(2-4-6)7(11)12/h2-4,6-7,9H,5,8H2,1H3;1-4,8H,(H2,11,12). The van der Waals surface area contributed by atoms with Crippen molar-refractivity contribution in [1.82, 2.24) is 4.98 Å². The van der Waals surface area contributed by atoms with Crippen LogP contribution >= 0.6 is 0 Å². The fourth-order valence-corrected chi connectivity index (χ4v) is 3.81. The molecule has 2 aromatic carbocycles. The molecule has 0 bridgehead atoms. The third kappa shape index (κ3) is 7.15. The van der Waals surface area contributed by atoms with Gasteiger partial charge in [0.05, 0.1) is 12.7 Å². The summed E-state index contributed by atoms with van der Waals surface area (Å²) in [6, 6.07) is 8.99. The molecule has 3 aromatic rings. The van der Waals surface area contributed by atoms with Crippen molar-refractivity contribution < 1.29 is 49.8 Å². The molecule has 4 rings (SSSR count). The van der Waals surface area contributed by atoms with E-state index in [1.165, 1.54) is 31.4 Å². The summed E-state index contributed by atoms with van der Waals surface area (Å²) in [4.78, 5) is 27.3. The number of halogens is 7. The van der Waals surface area contributed by atoms with E-state index >= 15 is 0 Å². The smallest absolute Gasteiger partial charge is 0.419 e. The summed E-state index contributed by atoms with van der Waals surface area (Å²) in [6.07, 6.45) is -3.91. The Hall–Kier alpha value is -4.36. The van der Waals surface area contributed by atoms with E-state index in [-0.39, 0.29) is 35.6 Å². The number of methoxy groups -OCH3 is 1. The van der Waals surface area contributed by atoms with Crippen molar-refractivity contribution in [2.24, 2.45) is 5.73 Å². The first kappa shape index (κ1) is 29.2.